The topological polar surface area (TPSA) is 13.0 Å². The van der Waals surface area contributed by atoms with Gasteiger partial charge in [-0.05, 0) is 94.1 Å². The van der Waals surface area contributed by atoms with Crippen molar-refractivity contribution in [3.05, 3.63) is 118 Å². The van der Waals surface area contributed by atoms with Gasteiger partial charge >= 0.3 is 6.18 Å². The molecule has 4 aromatic carbocycles. The van der Waals surface area contributed by atoms with Crippen molar-refractivity contribution in [1.29, 1.82) is 0 Å². The molecule has 216 valence electrons. The molecule has 0 saturated heterocycles. The molecular formula is C35H35F3N4. The van der Waals surface area contributed by atoms with Gasteiger partial charge in [0.1, 0.15) is 6.67 Å². The number of fused-ring (bicyclic) bond motifs is 1. The molecule has 42 heavy (non-hydrogen) atoms. The van der Waals surface area contributed by atoms with Crippen molar-refractivity contribution in [2.75, 3.05) is 32.9 Å². The highest BCUT2D eigenvalue weighted by Crippen LogP contribution is 2.47. The first-order valence-electron chi connectivity index (χ1n) is 14.1. The molecule has 0 aromatic heterocycles. The van der Waals surface area contributed by atoms with E-state index in [1.165, 1.54) is 23.3 Å². The van der Waals surface area contributed by atoms with Crippen LogP contribution in [0.15, 0.2) is 79.1 Å². The summed E-state index contributed by atoms with van der Waals surface area (Å²) < 4.78 is 42.9. The van der Waals surface area contributed by atoms with Crippen LogP contribution in [0.25, 0.3) is 0 Å². The number of benzene rings is 4. The summed E-state index contributed by atoms with van der Waals surface area (Å²) in [4.78, 5) is 8.17. The lowest BCUT2D eigenvalue weighted by Crippen LogP contribution is -2.27. The fraction of sp³-hybridized carbons (Fsp3) is 0.257. The van der Waals surface area contributed by atoms with Crippen LogP contribution in [0.3, 0.4) is 0 Å². The van der Waals surface area contributed by atoms with Crippen molar-refractivity contribution in [2.24, 2.45) is 0 Å². The highest BCUT2D eigenvalue weighted by Gasteiger charge is 2.35. The Morgan fingerprint density at radius 2 is 1.05 bits per heavy atom. The van der Waals surface area contributed by atoms with Gasteiger partial charge in [-0.1, -0.05) is 47.5 Å². The van der Waals surface area contributed by atoms with E-state index in [1.807, 2.05) is 52.5 Å². The molecular weight excluding hydrogens is 533 g/mol. The average Bonchev–Trinajstić information content (AvgIpc) is 3.53. The van der Waals surface area contributed by atoms with E-state index in [0.717, 1.165) is 45.0 Å². The van der Waals surface area contributed by atoms with Crippen LogP contribution in [0, 0.1) is 41.5 Å². The number of hydrogen-bond acceptors (Lipinski definition) is 4. The minimum Gasteiger partial charge on any atom is -0.328 e. The second-order valence-corrected chi connectivity index (χ2v) is 11.6. The summed E-state index contributed by atoms with van der Waals surface area (Å²) in [5.41, 5.74) is 11.3. The Morgan fingerprint density at radius 1 is 0.548 bits per heavy atom. The van der Waals surface area contributed by atoms with Gasteiger partial charge in [-0.3, -0.25) is 0 Å². The summed E-state index contributed by atoms with van der Waals surface area (Å²) in [6.07, 6.45) is -0.678. The highest BCUT2D eigenvalue weighted by atomic mass is 19.4. The highest BCUT2D eigenvalue weighted by molar-refractivity contribution is 5.89. The molecule has 0 saturated carbocycles. The average molecular weight is 569 g/mol. The smallest absolute Gasteiger partial charge is 0.328 e. The van der Waals surface area contributed by atoms with Gasteiger partial charge in [-0.2, -0.15) is 13.2 Å². The van der Waals surface area contributed by atoms with Crippen LogP contribution in [0.4, 0.5) is 47.3 Å². The number of alkyl halides is 3. The maximum Gasteiger partial charge on any atom is 0.416 e. The third kappa shape index (κ3) is 4.87. The molecule has 0 atom stereocenters. The molecule has 2 aliphatic rings. The number of anilines is 6. The van der Waals surface area contributed by atoms with Gasteiger partial charge in [0, 0.05) is 35.1 Å². The Kier molecular flexibility index (Phi) is 6.71. The molecule has 0 unspecified atom stereocenters. The predicted molar refractivity (Wildman–Crippen MR) is 167 cm³/mol. The Hall–Kier alpha value is -4.39. The first kappa shape index (κ1) is 27.8. The number of halogens is 3. The van der Waals surface area contributed by atoms with E-state index in [0.29, 0.717) is 24.7 Å². The van der Waals surface area contributed by atoms with E-state index in [4.69, 9.17) is 0 Å². The molecule has 0 aliphatic carbocycles. The van der Waals surface area contributed by atoms with Crippen LogP contribution >= 0.6 is 0 Å². The van der Waals surface area contributed by atoms with Crippen molar-refractivity contribution in [2.45, 2.75) is 47.7 Å². The van der Waals surface area contributed by atoms with Crippen LogP contribution < -0.4 is 19.6 Å². The van der Waals surface area contributed by atoms with E-state index in [-0.39, 0.29) is 0 Å². The minimum atomic E-state index is -4.49. The van der Waals surface area contributed by atoms with Crippen molar-refractivity contribution < 1.29 is 13.2 Å². The molecule has 4 nitrogen and oxygen atoms in total. The molecule has 0 amide bonds. The largest absolute Gasteiger partial charge is 0.416 e. The summed E-state index contributed by atoms with van der Waals surface area (Å²) >= 11 is 0. The monoisotopic (exact) mass is 568 g/mol. The summed E-state index contributed by atoms with van der Waals surface area (Å²) in [5, 5.41) is 0. The van der Waals surface area contributed by atoms with E-state index >= 15 is 0 Å². The first-order chi connectivity index (χ1) is 19.9. The number of para-hydroxylation sites is 2. The third-order valence-electron chi connectivity index (χ3n) is 8.18. The molecule has 0 N–H and O–H groups in total. The molecule has 6 rings (SSSR count). The van der Waals surface area contributed by atoms with Crippen molar-refractivity contribution in [3.63, 3.8) is 0 Å². The normalized spacial score (nSPS) is 14.8. The second-order valence-electron chi connectivity index (χ2n) is 11.6. The lowest BCUT2D eigenvalue weighted by Gasteiger charge is -2.28. The third-order valence-corrected chi connectivity index (χ3v) is 8.18. The second kappa shape index (κ2) is 10.2. The van der Waals surface area contributed by atoms with E-state index < -0.39 is 11.7 Å². The summed E-state index contributed by atoms with van der Waals surface area (Å²) in [6.45, 7) is 13.3. The molecule has 0 bridgehead atoms. The Labute approximate surface area is 245 Å². The fourth-order valence-corrected chi connectivity index (χ4v) is 6.66. The number of hydrogen-bond donors (Lipinski definition) is 0. The Balaban J connectivity index is 1.40. The zero-order valence-electron chi connectivity index (χ0n) is 24.8. The summed E-state index contributed by atoms with van der Waals surface area (Å²) in [7, 11) is 0. The number of aryl methyl sites for hydroxylation is 6. The van der Waals surface area contributed by atoms with Crippen LogP contribution in [-0.4, -0.2) is 13.3 Å². The lowest BCUT2D eigenvalue weighted by atomic mass is 10.0. The van der Waals surface area contributed by atoms with E-state index in [9.17, 15) is 13.2 Å². The fourth-order valence-electron chi connectivity index (χ4n) is 6.66. The summed E-state index contributed by atoms with van der Waals surface area (Å²) in [5.74, 6) is 0. The molecule has 0 spiro atoms. The maximum absolute atomic E-state index is 14.3. The van der Waals surface area contributed by atoms with Crippen LogP contribution in [0.2, 0.25) is 0 Å². The zero-order valence-corrected chi connectivity index (χ0v) is 24.8. The molecule has 0 fully saturated rings. The molecule has 0 radical (unpaired) electrons. The van der Waals surface area contributed by atoms with E-state index in [1.54, 1.807) is 0 Å². The molecule has 4 aromatic rings. The van der Waals surface area contributed by atoms with Crippen LogP contribution in [0.1, 0.15) is 38.9 Å². The van der Waals surface area contributed by atoms with Crippen molar-refractivity contribution in [1.82, 2.24) is 0 Å². The standard InChI is InChI=1S/C35H35F3N4/c1-22-13-24(3)33(25(4)14-22)40-12-11-39(20-40)29-17-28(35(36,37)38)18-30(19-29)41-21-42(32-10-8-7-9-31(32)41)34-26(5)15-23(2)16-27(34)6/h7-19H,20-21H2,1-6H3. The molecule has 2 aliphatic heterocycles. The van der Waals surface area contributed by atoms with Gasteiger partial charge in [0.2, 0.25) is 0 Å². The first-order valence-corrected chi connectivity index (χ1v) is 14.1. The van der Waals surface area contributed by atoms with Crippen molar-refractivity contribution >= 4 is 34.1 Å². The Morgan fingerprint density at radius 3 is 1.62 bits per heavy atom. The van der Waals surface area contributed by atoms with Gasteiger partial charge < -0.3 is 19.6 Å². The lowest BCUT2D eigenvalue weighted by molar-refractivity contribution is -0.137. The minimum absolute atomic E-state index is 0.411. The van der Waals surface area contributed by atoms with Gasteiger partial charge in [-0.25, -0.2) is 0 Å². The summed E-state index contributed by atoms with van der Waals surface area (Å²) in [6, 6.07) is 20.9. The number of rotatable bonds is 4. The maximum atomic E-state index is 14.3. The van der Waals surface area contributed by atoms with Crippen LogP contribution in [-0.2, 0) is 6.18 Å². The Bertz CT molecular complexity index is 1680. The van der Waals surface area contributed by atoms with E-state index in [2.05, 4.69) is 75.6 Å². The van der Waals surface area contributed by atoms with Crippen LogP contribution in [0.5, 0.6) is 0 Å². The zero-order chi connectivity index (χ0) is 29.9. The number of nitrogens with zero attached hydrogens (tertiary/aromatic N) is 4. The van der Waals surface area contributed by atoms with Crippen molar-refractivity contribution in [3.8, 4) is 0 Å². The van der Waals surface area contributed by atoms with Gasteiger partial charge in [0.25, 0.3) is 0 Å². The predicted octanol–water partition coefficient (Wildman–Crippen LogP) is 9.56. The quantitative estimate of drug-likeness (QED) is 0.243. The van der Waals surface area contributed by atoms with Gasteiger partial charge in [-0.15, -0.1) is 0 Å². The van der Waals surface area contributed by atoms with Gasteiger partial charge in [0.05, 0.1) is 23.6 Å². The molecule has 7 heteroatoms. The SMILES string of the molecule is Cc1cc(C)c(N2C=CN(c3cc(N4CN(c5c(C)cc(C)cc5C)c5ccccc54)cc(C(F)(F)F)c3)C2)c(C)c1. The van der Waals surface area contributed by atoms with Gasteiger partial charge in [0.15, 0.2) is 0 Å². The molecule has 2 heterocycles.